The molecule has 5 aromatic rings. The number of amides is 4. The van der Waals surface area contributed by atoms with E-state index in [9.17, 15) is 29.1 Å². The maximum atomic E-state index is 13.7. The van der Waals surface area contributed by atoms with E-state index >= 15 is 0 Å². The van der Waals surface area contributed by atoms with Gasteiger partial charge in [-0.05, 0) is 148 Å². The van der Waals surface area contributed by atoms with Gasteiger partial charge >= 0.3 is 11.8 Å². The summed E-state index contributed by atoms with van der Waals surface area (Å²) >= 11 is 0. The van der Waals surface area contributed by atoms with Crippen LogP contribution in [0.15, 0.2) is 58.2 Å². The molecule has 0 spiro atoms. The lowest BCUT2D eigenvalue weighted by molar-refractivity contribution is -0.135. The lowest BCUT2D eigenvalue weighted by Gasteiger charge is -2.36. The molecule has 4 aliphatic rings. The molecule has 4 fully saturated rings. The molecule has 2 saturated heterocycles. The highest BCUT2D eigenvalue weighted by molar-refractivity contribution is 6.03. The number of benzene rings is 1. The maximum absolute atomic E-state index is 13.7. The number of aromatic nitrogens is 6. The first-order valence-corrected chi connectivity index (χ1v) is 25.9. The molecule has 1 unspecified atom stereocenters. The monoisotopic (exact) mass is 1010 g/mol. The van der Waals surface area contributed by atoms with Crippen LogP contribution in [0.1, 0.15) is 126 Å². The summed E-state index contributed by atoms with van der Waals surface area (Å²) in [5, 5.41) is 21.3. The van der Waals surface area contributed by atoms with Crippen molar-refractivity contribution in [2.45, 2.75) is 128 Å². The van der Waals surface area contributed by atoms with Crippen LogP contribution in [-0.4, -0.2) is 132 Å². The molecule has 2 atom stereocenters. The zero-order chi connectivity index (χ0) is 51.8. The van der Waals surface area contributed by atoms with Gasteiger partial charge in [-0.1, -0.05) is 6.07 Å². The largest absolute Gasteiger partial charge is 0.444 e. The summed E-state index contributed by atoms with van der Waals surface area (Å²) in [6, 6.07) is 8.82. The van der Waals surface area contributed by atoms with Crippen LogP contribution in [0.3, 0.4) is 0 Å². The lowest BCUT2D eigenvalue weighted by atomic mass is 9.86. The summed E-state index contributed by atoms with van der Waals surface area (Å²) < 4.78 is 22.7. The highest BCUT2D eigenvalue weighted by Gasteiger charge is 2.35. The van der Waals surface area contributed by atoms with Gasteiger partial charge in [0.15, 0.2) is 5.69 Å². The van der Waals surface area contributed by atoms with Gasteiger partial charge in [0.05, 0.1) is 35.5 Å². The van der Waals surface area contributed by atoms with Gasteiger partial charge < -0.3 is 29.2 Å². The Morgan fingerprint density at radius 2 is 1.71 bits per heavy atom. The molecule has 20 nitrogen and oxygen atoms in total. The molecule has 1 aromatic carbocycles. The first-order valence-electron chi connectivity index (χ1n) is 25.9. The average Bonchev–Trinajstić information content (AvgIpc) is 3.72. The third kappa shape index (κ3) is 12.4. The van der Waals surface area contributed by atoms with Gasteiger partial charge in [0.25, 0.3) is 5.91 Å². The number of carbonyl (C=O) groups is 4. The molecule has 73 heavy (non-hydrogen) atoms. The number of anilines is 2. The number of carbonyl (C=O) groups excluding carboxylic acids is 4. The number of fused-ring (bicyclic) bond motifs is 1. The standard InChI is InChI=1S/C53H71N11O9/c1-52(2,3)73-51(69)62(28-35-10-11-35)44-26-36(20-21-54-44)49-56-40(32-72-49)47(66)55-39-31-63(58-46(39)53(4,5)70)37-15-12-34(13-16-37)27-59(6)29-38-30-61(23-24-71-38)22-8-9-33-14-17-41-43(25-33)60(7)50(68)64(41)42-18-19-45(65)57-48(42)67/h14,17,20-21,25-26,31-32,34-35,37-38,42,70H,8-13,15-16,18-19,22-24,27-30H2,1-7H3,(H,55,66)(H,57,65,67)/t34-,37-,38-,42?/m1/s1. The van der Waals surface area contributed by atoms with E-state index in [1.807, 2.05) is 43.7 Å². The third-order valence-corrected chi connectivity index (χ3v) is 14.4. The molecule has 9 rings (SSSR count). The quantitative estimate of drug-likeness (QED) is 0.0884. The van der Waals surface area contributed by atoms with Crippen molar-refractivity contribution in [3.8, 4) is 11.5 Å². The second-order valence-electron chi connectivity index (χ2n) is 22.2. The Morgan fingerprint density at radius 1 is 0.959 bits per heavy atom. The minimum Gasteiger partial charge on any atom is -0.444 e. The molecule has 2 aliphatic carbocycles. The minimum atomic E-state index is -1.33. The Hall–Kier alpha value is -6.22. The first kappa shape index (κ1) is 51.7. The van der Waals surface area contributed by atoms with Crippen LogP contribution < -0.4 is 21.2 Å². The molecule has 2 saturated carbocycles. The van der Waals surface area contributed by atoms with Crippen molar-refractivity contribution in [3.63, 3.8) is 0 Å². The van der Waals surface area contributed by atoms with Gasteiger partial charge in [-0.2, -0.15) is 5.10 Å². The van der Waals surface area contributed by atoms with Gasteiger partial charge in [0.1, 0.15) is 35.0 Å². The number of likely N-dealkylation sites (N-methyl/N-ethyl adjacent to an activating group) is 1. The van der Waals surface area contributed by atoms with E-state index in [2.05, 4.69) is 37.4 Å². The fourth-order valence-electron chi connectivity index (χ4n) is 10.5. The second kappa shape index (κ2) is 21.3. The molecular formula is C53H71N11O9. The number of imide groups is 1. The van der Waals surface area contributed by atoms with Crippen molar-refractivity contribution in [1.29, 1.82) is 0 Å². The number of nitrogens with zero attached hydrogens (tertiary/aromatic N) is 9. The summed E-state index contributed by atoms with van der Waals surface area (Å²) in [4.78, 5) is 79.8. The Kier molecular flexibility index (Phi) is 15.1. The Morgan fingerprint density at radius 3 is 2.44 bits per heavy atom. The van der Waals surface area contributed by atoms with E-state index in [0.29, 0.717) is 59.7 Å². The van der Waals surface area contributed by atoms with Crippen LogP contribution in [0.2, 0.25) is 0 Å². The number of nitrogens with one attached hydrogen (secondary N) is 2. The smallest absolute Gasteiger partial charge is 0.416 e. The maximum Gasteiger partial charge on any atom is 0.416 e. The zero-order valence-electron chi connectivity index (χ0n) is 43.3. The van der Waals surface area contributed by atoms with Gasteiger partial charge in [-0.15, -0.1) is 0 Å². The van der Waals surface area contributed by atoms with Crippen molar-refractivity contribution in [2.24, 2.45) is 18.9 Å². The summed E-state index contributed by atoms with van der Waals surface area (Å²) in [7, 11) is 3.90. The van der Waals surface area contributed by atoms with Gasteiger partial charge in [-0.25, -0.2) is 19.6 Å². The third-order valence-electron chi connectivity index (χ3n) is 14.4. The van der Waals surface area contributed by atoms with Crippen molar-refractivity contribution >= 4 is 46.4 Å². The first-order chi connectivity index (χ1) is 34.8. The number of oxazole rings is 1. The van der Waals surface area contributed by atoms with E-state index in [4.69, 9.17) is 19.0 Å². The Labute approximate surface area is 425 Å². The Balaban J connectivity index is 0.743. The normalized spacial score (nSPS) is 21.2. The van der Waals surface area contributed by atoms with Crippen molar-refractivity contribution < 1.29 is 38.2 Å². The summed E-state index contributed by atoms with van der Waals surface area (Å²) in [5.74, 6) is 0.244. The molecule has 4 amide bonds. The van der Waals surface area contributed by atoms with E-state index in [1.165, 1.54) is 10.8 Å². The molecule has 392 valence electrons. The van der Waals surface area contributed by atoms with Crippen LogP contribution in [0.4, 0.5) is 16.3 Å². The molecule has 0 bridgehead atoms. The molecular weight excluding hydrogens is 935 g/mol. The van der Waals surface area contributed by atoms with Crippen LogP contribution >= 0.6 is 0 Å². The van der Waals surface area contributed by atoms with Gasteiger partial charge in [0, 0.05) is 64.1 Å². The average molecular weight is 1010 g/mol. The highest BCUT2D eigenvalue weighted by atomic mass is 16.6. The van der Waals surface area contributed by atoms with Gasteiger partial charge in [-0.3, -0.25) is 43.3 Å². The highest BCUT2D eigenvalue weighted by Crippen LogP contribution is 2.37. The van der Waals surface area contributed by atoms with E-state index in [1.54, 1.807) is 54.9 Å². The second-order valence-corrected chi connectivity index (χ2v) is 22.2. The number of hydrogen-bond acceptors (Lipinski definition) is 14. The number of aliphatic hydroxyl groups is 1. The predicted octanol–water partition coefficient (Wildman–Crippen LogP) is 6.19. The number of imidazole rings is 1. The zero-order valence-corrected chi connectivity index (χ0v) is 43.3. The summed E-state index contributed by atoms with van der Waals surface area (Å²) in [5.41, 5.74) is 1.69. The van der Waals surface area contributed by atoms with Crippen molar-refractivity contribution in [1.82, 2.24) is 44.0 Å². The fraction of sp³-hybridized carbons (Fsp3) is 0.585. The van der Waals surface area contributed by atoms with Crippen LogP contribution in [-0.2, 0) is 38.1 Å². The fourth-order valence-corrected chi connectivity index (χ4v) is 10.5. The Bertz CT molecular complexity index is 2880. The lowest BCUT2D eigenvalue weighted by Crippen LogP contribution is -2.47. The SMILES string of the molecule is CN(C[C@@H]1CN(CCCc2ccc3c(c2)n(C)c(=O)n3C2CCC(=O)NC2=O)CCO1)C[C@H]1CC[C@H](n2cc(NC(=O)c3coc(-c4ccnc(N(CC5CC5)C(=O)OC(C)(C)C)c4)n3)c(C(C)(C)O)n2)CC1. The molecule has 4 aromatic heterocycles. The number of hydrogen-bond donors (Lipinski definition) is 3. The minimum absolute atomic E-state index is 0.0455. The molecule has 20 heteroatoms. The van der Waals surface area contributed by atoms with Crippen LogP contribution in [0, 0.1) is 11.8 Å². The molecule has 0 radical (unpaired) electrons. The summed E-state index contributed by atoms with van der Waals surface area (Å²) in [6.07, 6.45) is 12.6. The van der Waals surface area contributed by atoms with Gasteiger partial charge in [0.2, 0.25) is 17.7 Å². The van der Waals surface area contributed by atoms with E-state index in [-0.39, 0.29) is 41.7 Å². The number of pyridine rings is 1. The predicted molar refractivity (Wildman–Crippen MR) is 273 cm³/mol. The van der Waals surface area contributed by atoms with Crippen LogP contribution in [0.5, 0.6) is 0 Å². The number of morpholine rings is 1. The molecule has 3 N–H and O–H groups in total. The van der Waals surface area contributed by atoms with E-state index < -0.39 is 35.2 Å². The van der Waals surface area contributed by atoms with Crippen molar-refractivity contribution in [2.75, 3.05) is 63.1 Å². The number of rotatable bonds is 17. The molecule has 6 heterocycles. The summed E-state index contributed by atoms with van der Waals surface area (Å²) in [6.45, 7) is 14.4. The van der Waals surface area contributed by atoms with E-state index in [0.717, 1.165) is 95.2 Å². The topological polar surface area (TPSA) is 224 Å². The number of piperidine rings is 1. The van der Waals surface area contributed by atoms with Crippen LogP contribution in [0.25, 0.3) is 22.5 Å². The number of ether oxygens (including phenoxy) is 2. The molecule has 2 aliphatic heterocycles. The van der Waals surface area contributed by atoms with Crippen molar-refractivity contribution in [3.05, 3.63) is 76.4 Å². The number of aryl methyl sites for hydroxylation is 2.